The van der Waals surface area contributed by atoms with Crippen LogP contribution in [0, 0.1) is 0 Å². The maximum absolute atomic E-state index is 13.1. The topological polar surface area (TPSA) is 59.0 Å². The molecule has 1 aliphatic rings. The number of hydrogen-bond acceptors (Lipinski definition) is 6. The number of nitrogens with zero attached hydrogens (tertiary/aromatic N) is 4. The van der Waals surface area contributed by atoms with Crippen molar-refractivity contribution in [2.24, 2.45) is 0 Å². The smallest absolute Gasteiger partial charge is 0.237 e. The number of aromatic nitrogens is 3. The molecule has 0 spiro atoms. The van der Waals surface area contributed by atoms with Gasteiger partial charge in [0.1, 0.15) is 16.2 Å². The number of carbonyl (C=O) groups excluding carboxylic acids is 1. The van der Waals surface area contributed by atoms with E-state index in [1.165, 1.54) is 17.3 Å². The highest BCUT2D eigenvalue weighted by Gasteiger charge is 2.23. The molecule has 5 nitrogen and oxygen atoms in total. The molecule has 31 heavy (non-hydrogen) atoms. The number of rotatable bonds is 3. The zero-order valence-electron chi connectivity index (χ0n) is 16.6. The van der Waals surface area contributed by atoms with E-state index in [0.717, 1.165) is 61.4 Å². The van der Waals surface area contributed by atoms with Gasteiger partial charge in [0.2, 0.25) is 5.91 Å². The lowest BCUT2D eigenvalue weighted by atomic mass is 10.0. The predicted molar refractivity (Wildman–Crippen MR) is 128 cm³/mol. The first kappa shape index (κ1) is 18.7. The number of benzene rings is 2. The minimum atomic E-state index is 0.119. The van der Waals surface area contributed by atoms with Crippen molar-refractivity contribution in [3.05, 3.63) is 66.5 Å². The normalized spacial score (nSPS) is 13.7. The summed E-state index contributed by atoms with van der Waals surface area (Å²) in [6.45, 7) is 0.773. The van der Waals surface area contributed by atoms with Crippen molar-refractivity contribution < 1.29 is 4.79 Å². The van der Waals surface area contributed by atoms with Gasteiger partial charge in [-0.25, -0.2) is 15.0 Å². The van der Waals surface area contributed by atoms with E-state index in [2.05, 4.69) is 28.2 Å². The van der Waals surface area contributed by atoms with Gasteiger partial charge in [0.25, 0.3) is 0 Å². The first-order valence-electron chi connectivity index (χ1n) is 10.2. The second-order valence-electron chi connectivity index (χ2n) is 7.56. The van der Waals surface area contributed by atoms with Gasteiger partial charge < -0.3 is 4.90 Å². The van der Waals surface area contributed by atoms with E-state index in [0.29, 0.717) is 5.75 Å². The molecule has 0 atom stereocenters. The van der Waals surface area contributed by atoms with Crippen LogP contribution in [0.4, 0.5) is 5.69 Å². The summed E-state index contributed by atoms with van der Waals surface area (Å²) in [5.74, 6) is 0.471. The Bertz CT molecular complexity index is 1460. The van der Waals surface area contributed by atoms with Crippen molar-refractivity contribution >= 4 is 66.0 Å². The van der Waals surface area contributed by atoms with E-state index < -0.39 is 0 Å². The van der Waals surface area contributed by atoms with Crippen LogP contribution < -0.4 is 4.90 Å². The summed E-state index contributed by atoms with van der Waals surface area (Å²) >= 11 is 3.08. The van der Waals surface area contributed by atoms with Crippen LogP contribution in [-0.4, -0.2) is 33.2 Å². The zero-order chi connectivity index (χ0) is 20.8. The molecular weight excluding hydrogens is 424 g/mol. The quantitative estimate of drug-likeness (QED) is 0.274. The van der Waals surface area contributed by atoms with Crippen molar-refractivity contribution in [3.8, 4) is 0 Å². The Morgan fingerprint density at radius 1 is 1.10 bits per heavy atom. The second-order valence-corrected chi connectivity index (χ2v) is 9.52. The third-order valence-corrected chi connectivity index (χ3v) is 7.86. The molecule has 4 heterocycles. The molecule has 2 aromatic carbocycles. The molecule has 0 saturated heterocycles. The molecule has 0 bridgehead atoms. The average Bonchev–Trinajstić information content (AvgIpc) is 3.18. The molecule has 0 aliphatic carbocycles. The number of thioether (sulfide) groups is 1. The Balaban J connectivity index is 1.32. The Labute approximate surface area is 187 Å². The fourth-order valence-corrected chi connectivity index (χ4v) is 6.26. The van der Waals surface area contributed by atoms with Gasteiger partial charge in [-0.3, -0.25) is 4.79 Å². The van der Waals surface area contributed by atoms with Crippen LogP contribution in [0.1, 0.15) is 12.0 Å². The minimum absolute atomic E-state index is 0.119. The molecule has 0 saturated carbocycles. The number of para-hydroxylation sites is 2. The van der Waals surface area contributed by atoms with E-state index >= 15 is 0 Å². The summed E-state index contributed by atoms with van der Waals surface area (Å²) in [5.41, 5.74) is 4.18. The molecule has 1 amide bonds. The Morgan fingerprint density at radius 2 is 1.97 bits per heavy atom. The van der Waals surface area contributed by atoms with E-state index in [4.69, 9.17) is 4.98 Å². The molecule has 3 aromatic heterocycles. The highest BCUT2D eigenvalue weighted by atomic mass is 32.2. The van der Waals surface area contributed by atoms with Crippen LogP contribution in [0.15, 0.2) is 66.0 Å². The number of amides is 1. The van der Waals surface area contributed by atoms with E-state index in [9.17, 15) is 4.79 Å². The summed E-state index contributed by atoms with van der Waals surface area (Å²) in [5, 5.41) is 2.98. The first-order valence-corrected chi connectivity index (χ1v) is 12.0. The number of anilines is 1. The van der Waals surface area contributed by atoms with Crippen molar-refractivity contribution in [1.29, 1.82) is 0 Å². The molecule has 0 fully saturated rings. The lowest BCUT2D eigenvalue weighted by molar-refractivity contribution is -0.116. The maximum atomic E-state index is 13.1. The van der Waals surface area contributed by atoms with Crippen LogP contribution in [-0.2, 0) is 11.2 Å². The summed E-state index contributed by atoms with van der Waals surface area (Å²) in [6, 6.07) is 18.5. The van der Waals surface area contributed by atoms with Crippen LogP contribution in [0.25, 0.3) is 31.3 Å². The number of carbonyl (C=O) groups is 1. The van der Waals surface area contributed by atoms with Gasteiger partial charge in [0, 0.05) is 23.0 Å². The maximum Gasteiger partial charge on any atom is 0.237 e. The van der Waals surface area contributed by atoms with Crippen LogP contribution in [0.3, 0.4) is 0 Å². The van der Waals surface area contributed by atoms with Gasteiger partial charge in [0.05, 0.1) is 21.5 Å². The molecule has 6 rings (SSSR count). The van der Waals surface area contributed by atoms with E-state index in [1.807, 2.05) is 41.3 Å². The second kappa shape index (κ2) is 7.59. The molecule has 0 unspecified atom stereocenters. The van der Waals surface area contributed by atoms with Crippen molar-refractivity contribution in [2.75, 3.05) is 17.2 Å². The molecule has 7 heteroatoms. The molecule has 1 aliphatic heterocycles. The third kappa shape index (κ3) is 3.25. The summed E-state index contributed by atoms with van der Waals surface area (Å²) < 4.78 is 0.997. The third-order valence-electron chi connectivity index (χ3n) is 5.66. The highest BCUT2D eigenvalue weighted by Crippen LogP contribution is 2.38. The van der Waals surface area contributed by atoms with Crippen LogP contribution in [0.2, 0.25) is 0 Å². The summed E-state index contributed by atoms with van der Waals surface area (Å²) in [6.07, 6.45) is 3.62. The number of thiophene rings is 1. The fraction of sp³-hybridized carbons (Fsp3) is 0.167. The largest absolute Gasteiger partial charge is 0.311 e. The molecule has 0 radical (unpaired) electrons. The standard InChI is InChI=1S/C24H18N4OS2/c29-20(28-11-5-8-15-6-2-4-10-19(15)28)13-30-24-22-21(25-14-26-24)17-12-16-7-1-3-9-18(16)27-23(17)31-22/h1-4,6-7,9-10,12,14H,5,8,11,13H2. The highest BCUT2D eigenvalue weighted by molar-refractivity contribution is 8.00. The molecule has 5 aromatic rings. The minimum Gasteiger partial charge on any atom is -0.311 e. The fourth-order valence-electron chi connectivity index (χ4n) is 4.19. The molecular formula is C24H18N4OS2. The monoisotopic (exact) mass is 442 g/mol. The van der Waals surface area contributed by atoms with Crippen molar-refractivity contribution in [2.45, 2.75) is 17.9 Å². The Morgan fingerprint density at radius 3 is 2.94 bits per heavy atom. The van der Waals surface area contributed by atoms with Gasteiger partial charge >= 0.3 is 0 Å². The summed E-state index contributed by atoms with van der Waals surface area (Å²) in [7, 11) is 0. The van der Waals surface area contributed by atoms with Gasteiger partial charge in [-0.05, 0) is 36.6 Å². The lowest BCUT2D eigenvalue weighted by Crippen LogP contribution is -2.36. The van der Waals surface area contributed by atoms with Gasteiger partial charge in [-0.2, -0.15) is 0 Å². The van der Waals surface area contributed by atoms with Gasteiger partial charge in [-0.15, -0.1) is 11.3 Å². The SMILES string of the molecule is O=C(CSc1ncnc2c1sc1nc3ccccc3cc12)N1CCCc2ccccc21. The van der Waals surface area contributed by atoms with Crippen LogP contribution >= 0.6 is 23.1 Å². The van der Waals surface area contributed by atoms with Crippen molar-refractivity contribution in [3.63, 3.8) is 0 Å². The Kier molecular flexibility index (Phi) is 4.58. The Hall–Kier alpha value is -3.03. The van der Waals surface area contributed by atoms with Crippen LogP contribution in [0.5, 0.6) is 0 Å². The average molecular weight is 443 g/mol. The number of hydrogen-bond donors (Lipinski definition) is 0. The van der Waals surface area contributed by atoms with E-state index in [-0.39, 0.29) is 5.91 Å². The summed E-state index contributed by atoms with van der Waals surface area (Å²) in [4.78, 5) is 29.8. The molecule has 152 valence electrons. The lowest BCUT2D eigenvalue weighted by Gasteiger charge is -2.29. The first-order chi connectivity index (χ1) is 15.3. The van der Waals surface area contributed by atoms with Crippen molar-refractivity contribution in [1.82, 2.24) is 15.0 Å². The number of aryl methyl sites for hydroxylation is 1. The predicted octanol–water partition coefficient (Wildman–Crippen LogP) is 5.46. The zero-order valence-corrected chi connectivity index (χ0v) is 18.2. The van der Waals surface area contributed by atoms with Gasteiger partial charge in [-0.1, -0.05) is 48.2 Å². The number of fused-ring (bicyclic) bond motifs is 5. The van der Waals surface area contributed by atoms with Gasteiger partial charge in [0.15, 0.2) is 0 Å². The number of pyridine rings is 1. The van der Waals surface area contributed by atoms with E-state index in [1.54, 1.807) is 17.7 Å². The molecule has 0 N–H and O–H groups in total.